The number of esters is 5. The van der Waals surface area contributed by atoms with E-state index in [0.29, 0.717) is 5.56 Å². The van der Waals surface area contributed by atoms with Crippen molar-refractivity contribution in [2.45, 2.75) is 120 Å². The molecule has 4 bridgehead atoms. The Hall–Kier alpha value is -3.61. The van der Waals surface area contributed by atoms with Crippen LogP contribution in [0.25, 0.3) is 0 Å². The summed E-state index contributed by atoms with van der Waals surface area (Å²) in [7, 11) is 1.16. The number of carbonyl (C=O) groups excluding carboxylic acids is 5. The Morgan fingerprint density at radius 1 is 0.942 bits per heavy atom. The second kappa shape index (κ2) is 10.3. The van der Waals surface area contributed by atoms with Crippen molar-refractivity contribution < 1.29 is 81.6 Å². The van der Waals surface area contributed by atoms with Crippen molar-refractivity contribution in [3.8, 4) is 0 Å². The second-order valence-corrected chi connectivity index (χ2v) is 16.0. The fourth-order valence-corrected chi connectivity index (χ4v) is 12.6. The molecule has 0 unspecified atom stereocenters. The minimum Gasteiger partial charge on any atom is -0.472 e. The standard InChI is InChI=1S/C35H42O17/c1-15(36)46-14-31-19(10-21(39)44-7)28(4)13-32(31)33(43,26(28)41)27(42)34-20-11-22(40)49-23(18-8-9-45-12-18)29(20,5)24(47-16(2)37)25(48-17(3)38)35(31,34)52-30(6,50-32)51-34/h8-9,12,19-20,23-27,41-43H,10-11,13-14H2,1-7H3/t19-,20+,23-,24-,25+,26-,27+,28+,29+,30+,31+,32+,33-,34+,35-/m0/s1. The van der Waals surface area contributed by atoms with Gasteiger partial charge in [0.15, 0.2) is 17.8 Å². The van der Waals surface area contributed by atoms with Gasteiger partial charge in [-0.25, -0.2) is 0 Å². The van der Waals surface area contributed by atoms with Crippen LogP contribution in [0.1, 0.15) is 72.5 Å². The SMILES string of the molecule is COC(=O)C[C@H]1[C@@]2(C)C[C@@]34O[C@]5(C)O[C@]6([C@@H]7CC(=O)O[C@@H](c8ccoc8)[C@]7(C)[C@@H](OC(C)=O)[C@@H](OC(C)=O)[C@]6(O5)[C@]13COC(C)=O)[C@H](O)[C@@]4(O)[C@H]2O. The van der Waals surface area contributed by atoms with E-state index in [1.54, 1.807) is 13.8 Å². The Balaban J connectivity index is 1.55. The number of furan rings is 1. The van der Waals surface area contributed by atoms with Gasteiger partial charge in [0, 0.05) is 51.0 Å². The predicted octanol–water partition coefficient (Wildman–Crippen LogP) is 0.353. The van der Waals surface area contributed by atoms with E-state index in [9.17, 15) is 39.3 Å². The molecule has 0 amide bonds. The van der Waals surface area contributed by atoms with E-state index in [4.69, 9.17) is 42.3 Å². The summed E-state index contributed by atoms with van der Waals surface area (Å²) >= 11 is 0. The Morgan fingerprint density at radius 2 is 1.62 bits per heavy atom. The van der Waals surface area contributed by atoms with Gasteiger partial charge in [0.1, 0.15) is 35.6 Å². The van der Waals surface area contributed by atoms with Gasteiger partial charge in [-0.2, -0.15) is 0 Å². The van der Waals surface area contributed by atoms with Crippen LogP contribution >= 0.6 is 0 Å². The topological polar surface area (TPSA) is 233 Å². The monoisotopic (exact) mass is 734 g/mol. The average molecular weight is 735 g/mol. The molecule has 3 aliphatic heterocycles. The van der Waals surface area contributed by atoms with Gasteiger partial charge in [0.05, 0.1) is 43.0 Å². The molecule has 284 valence electrons. The normalized spacial score (nSPS) is 51.6. The van der Waals surface area contributed by atoms with Crippen molar-refractivity contribution in [3.05, 3.63) is 24.2 Å². The van der Waals surface area contributed by atoms with Gasteiger partial charge in [-0.15, -0.1) is 0 Å². The number of hydrogen-bond acceptors (Lipinski definition) is 17. The molecule has 17 heteroatoms. The lowest BCUT2D eigenvalue weighted by molar-refractivity contribution is -0.497. The molecule has 7 aliphatic rings. The van der Waals surface area contributed by atoms with Crippen LogP contribution < -0.4 is 0 Å². The zero-order valence-electron chi connectivity index (χ0n) is 29.7. The fourth-order valence-electron chi connectivity index (χ4n) is 12.6. The lowest BCUT2D eigenvalue weighted by Gasteiger charge is -2.78. The highest BCUT2D eigenvalue weighted by Crippen LogP contribution is 2.89. The first-order valence-corrected chi connectivity index (χ1v) is 17.2. The van der Waals surface area contributed by atoms with Crippen LogP contribution in [0.5, 0.6) is 0 Å². The molecule has 2 spiro atoms. The maximum Gasteiger partial charge on any atom is 0.306 e. The van der Waals surface area contributed by atoms with Gasteiger partial charge in [-0.1, -0.05) is 13.8 Å². The van der Waals surface area contributed by atoms with Crippen LogP contribution in [0.3, 0.4) is 0 Å². The van der Waals surface area contributed by atoms with Crippen LogP contribution in [0.4, 0.5) is 0 Å². The summed E-state index contributed by atoms with van der Waals surface area (Å²) in [6.45, 7) is 7.23. The number of methoxy groups -OCH3 is 1. The number of cyclic esters (lactones) is 1. The van der Waals surface area contributed by atoms with Crippen molar-refractivity contribution in [2.75, 3.05) is 13.7 Å². The third-order valence-electron chi connectivity index (χ3n) is 13.8. The van der Waals surface area contributed by atoms with Gasteiger partial charge in [-0.3, -0.25) is 24.0 Å². The molecule has 7 fully saturated rings. The van der Waals surface area contributed by atoms with Crippen LogP contribution in [0.15, 0.2) is 23.0 Å². The molecule has 4 heterocycles. The van der Waals surface area contributed by atoms with E-state index in [1.807, 2.05) is 0 Å². The molecule has 3 N–H and O–H groups in total. The molecule has 0 radical (unpaired) electrons. The molecule has 4 aliphatic carbocycles. The lowest BCUT2D eigenvalue weighted by atomic mass is 9.32. The number of hydrogen-bond donors (Lipinski definition) is 3. The summed E-state index contributed by atoms with van der Waals surface area (Å²) in [5.74, 6) is -8.85. The quantitative estimate of drug-likeness (QED) is 0.253. The molecular formula is C35H42O17. The summed E-state index contributed by atoms with van der Waals surface area (Å²) in [6, 6.07) is 1.52. The third-order valence-corrected chi connectivity index (χ3v) is 13.8. The molecule has 1 aromatic heterocycles. The van der Waals surface area contributed by atoms with Crippen LogP contribution in [0, 0.1) is 28.1 Å². The van der Waals surface area contributed by atoms with Gasteiger partial charge >= 0.3 is 29.8 Å². The largest absolute Gasteiger partial charge is 0.472 e. The summed E-state index contributed by atoms with van der Waals surface area (Å²) < 4.78 is 55.3. The first-order valence-electron chi connectivity index (χ1n) is 17.2. The number of aliphatic hydroxyl groups is 3. The number of aliphatic hydroxyl groups excluding tert-OH is 2. The smallest absolute Gasteiger partial charge is 0.306 e. The maximum absolute atomic E-state index is 13.8. The van der Waals surface area contributed by atoms with Gasteiger partial charge < -0.3 is 57.6 Å². The average Bonchev–Trinajstić information content (AvgIpc) is 3.76. The zero-order valence-corrected chi connectivity index (χ0v) is 29.7. The Morgan fingerprint density at radius 3 is 2.21 bits per heavy atom. The highest BCUT2D eigenvalue weighted by atomic mass is 16.9. The Labute approximate surface area is 297 Å². The summed E-state index contributed by atoms with van der Waals surface area (Å²) in [5, 5.41) is 38.7. The van der Waals surface area contributed by atoms with E-state index in [0.717, 1.165) is 27.9 Å². The minimum absolute atomic E-state index is 0.246. The maximum atomic E-state index is 13.8. The van der Waals surface area contributed by atoms with Crippen LogP contribution in [-0.2, 0) is 61.9 Å². The Bertz CT molecular complexity index is 1780. The number of rotatable bonds is 7. The lowest BCUT2D eigenvalue weighted by Crippen LogP contribution is -2.98. The van der Waals surface area contributed by atoms with E-state index in [-0.39, 0.29) is 6.42 Å². The first kappa shape index (κ1) is 35.4. The number of fused-ring (bicyclic) bond motifs is 3. The summed E-state index contributed by atoms with van der Waals surface area (Å²) in [6.07, 6.45) is -7.33. The third kappa shape index (κ3) is 3.49. The summed E-state index contributed by atoms with van der Waals surface area (Å²) in [4.78, 5) is 66.7. The highest BCUT2D eigenvalue weighted by molar-refractivity contribution is 5.74. The van der Waals surface area contributed by atoms with Gasteiger partial charge in [-0.05, 0) is 18.4 Å². The molecule has 17 nitrogen and oxygen atoms in total. The fraction of sp³-hybridized carbons (Fsp3) is 0.743. The van der Waals surface area contributed by atoms with E-state index >= 15 is 0 Å². The van der Waals surface area contributed by atoms with Crippen molar-refractivity contribution in [1.29, 1.82) is 0 Å². The molecule has 52 heavy (non-hydrogen) atoms. The summed E-state index contributed by atoms with van der Waals surface area (Å²) in [5.41, 5.74) is -14.6. The first-order chi connectivity index (χ1) is 24.2. The Kier molecular flexibility index (Phi) is 7.03. The second-order valence-electron chi connectivity index (χ2n) is 16.0. The molecule has 1 aromatic rings. The van der Waals surface area contributed by atoms with Crippen molar-refractivity contribution in [2.24, 2.45) is 28.1 Å². The molecule has 15 atom stereocenters. The number of carbonyl (C=O) groups is 5. The molecule has 0 aromatic carbocycles. The van der Waals surface area contributed by atoms with Gasteiger partial charge in [0.2, 0.25) is 0 Å². The minimum atomic E-state index is -2.66. The van der Waals surface area contributed by atoms with Crippen molar-refractivity contribution in [1.82, 2.24) is 0 Å². The van der Waals surface area contributed by atoms with E-state index in [1.165, 1.54) is 25.5 Å². The molecule has 4 saturated carbocycles. The van der Waals surface area contributed by atoms with Gasteiger partial charge in [0.25, 0.3) is 5.97 Å². The molecule has 3 saturated heterocycles. The van der Waals surface area contributed by atoms with Crippen molar-refractivity contribution >= 4 is 29.8 Å². The van der Waals surface area contributed by atoms with Crippen LogP contribution in [0.2, 0.25) is 0 Å². The highest BCUT2D eigenvalue weighted by Gasteiger charge is 3.06. The van der Waals surface area contributed by atoms with E-state index in [2.05, 4.69) is 0 Å². The predicted molar refractivity (Wildman–Crippen MR) is 164 cm³/mol. The number of ether oxygens (including phenoxy) is 8. The van der Waals surface area contributed by atoms with Crippen LogP contribution in [-0.4, -0.2) is 112 Å². The van der Waals surface area contributed by atoms with E-state index < -0.39 is 136 Å². The zero-order chi connectivity index (χ0) is 37.8. The molecule has 8 rings (SSSR count). The van der Waals surface area contributed by atoms with Crippen molar-refractivity contribution in [3.63, 3.8) is 0 Å². The molecular weight excluding hydrogens is 692 g/mol.